The number of piperidine rings is 1. The fourth-order valence-corrected chi connectivity index (χ4v) is 3.42. The molecule has 1 aliphatic rings. The van der Waals surface area contributed by atoms with Gasteiger partial charge in [0, 0.05) is 6.54 Å². The first kappa shape index (κ1) is 17.0. The molecule has 4 N–H and O–H groups in total. The van der Waals surface area contributed by atoms with Crippen LogP contribution in [-0.2, 0) is 9.59 Å². The maximum absolute atomic E-state index is 12.9. The number of fused-ring (bicyclic) bond motifs is 1. The lowest BCUT2D eigenvalue weighted by Gasteiger charge is -2.36. The standard InChI is InChI=1S/C17H19N7O3/c1-9-2-3-12(13-6-19-8-27-13)24(7-9)17(26)16(25)22-11-5-20-15(18)10-4-21-23-14(10)11/h4-6,8-9,12H,2-3,7H2,1H3,(H2,18,20)(H,21,23)(H,22,25). The summed E-state index contributed by atoms with van der Waals surface area (Å²) in [6.45, 7) is 2.52. The number of hydrogen-bond donors (Lipinski definition) is 3. The molecule has 2 unspecified atom stereocenters. The molecular formula is C17H19N7O3. The summed E-state index contributed by atoms with van der Waals surface area (Å²) in [5.74, 6) is -0.228. The second-order valence-corrected chi connectivity index (χ2v) is 6.73. The Bertz CT molecular complexity index is 982. The predicted molar refractivity (Wildman–Crippen MR) is 96.3 cm³/mol. The maximum Gasteiger partial charge on any atom is 0.314 e. The van der Waals surface area contributed by atoms with Crippen LogP contribution in [0.1, 0.15) is 31.6 Å². The lowest BCUT2D eigenvalue weighted by atomic mass is 9.93. The number of nitrogens with zero attached hydrogens (tertiary/aromatic N) is 4. The molecule has 27 heavy (non-hydrogen) atoms. The monoisotopic (exact) mass is 369 g/mol. The number of carbonyl (C=O) groups excluding carboxylic acids is 2. The number of anilines is 2. The Morgan fingerprint density at radius 1 is 1.33 bits per heavy atom. The van der Waals surface area contributed by atoms with Crippen molar-refractivity contribution in [3.05, 3.63) is 30.7 Å². The number of aromatic nitrogens is 4. The van der Waals surface area contributed by atoms with E-state index in [4.69, 9.17) is 10.2 Å². The van der Waals surface area contributed by atoms with Crippen molar-refractivity contribution in [1.29, 1.82) is 0 Å². The predicted octanol–water partition coefficient (Wildman–Crippen LogP) is 1.47. The molecule has 1 aliphatic heterocycles. The topological polar surface area (TPSA) is 143 Å². The van der Waals surface area contributed by atoms with Gasteiger partial charge in [-0.2, -0.15) is 5.10 Å². The van der Waals surface area contributed by atoms with Gasteiger partial charge in [-0.1, -0.05) is 6.92 Å². The zero-order valence-electron chi connectivity index (χ0n) is 14.7. The van der Waals surface area contributed by atoms with Gasteiger partial charge in [-0.25, -0.2) is 9.97 Å². The fourth-order valence-electron chi connectivity index (χ4n) is 3.42. The number of likely N-dealkylation sites (tertiary alicyclic amines) is 1. The maximum atomic E-state index is 12.9. The van der Waals surface area contributed by atoms with Gasteiger partial charge in [0.1, 0.15) is 11.6 Å². The van der Waals surface area contributed by atoms with Crippen LogP contribution in [-0.4, -0.2) is 43.4 Å². The first-order valence-electron chi connectivity index (χ1n) is 8.62. The number of oxazole rings is 1. The Morgan fingerprint density at radius 3 is 2.96 bits per heavy atom. The van der Waals surface area contributed by atoms with Crippen molar-refractivity contribution in [2.24, 2.45) is 5.92 Å². The average molecular weight is 369 g/mol. The van der Waals surface area contributed by atoms with Gasteiger partial charge in [0.25, 0.3) is 0 Å². The third kappa shape index (κ3) is 3.09. The molecule has 3 aromatic rings. The zero-order valence-corrected chi connectivity index (χ0v) is 14.7. The van der Waals surface area contributed by atoms with Gasteiger partial charge in [-0.05, 0) is 18.8 Å². The third-order valence-electron chi connectivity index (χ3n) is 4.82. The highest BCUT2D eigenvalue weighted by molar-refractivity contribution is 6.40. The highest BCUT2D eigenvalue weighted by Gasteiger charge is 2.36. The molecule has 2 amide bonds. The number of nitrogens with two attached hydrogens (primary N) is 1. The SMILES string of the molecule is CC1CCC(c2cnco2)N(C(=O)C(=O)Nc2cnc(N)c3cn[nH]c23)C1. The van der Waals surface area contributed by atoms with Crippen molar-refractivity contribution in [1.82, 2.24) is 25.1 Å². The van der Waals surface area contributed by atoms with E-state index in [1.165, 1.54) is 18.8 Å². The number of rotatable bonds is 2. The minimum Gasteiger partial charge on any atom is -0.446 e. The van der Waals surface area contributed by atoms with E-state index in [-0.39, 0.29) is 6.04 Å². The number of aromatic amines is 1. The molecule has 0 bridgehead atoms. The van der Waals surface area contributed by atoms with Crippen LogP contribution in [0.2, 0.25) is 0 Å². The van der Waals surface area contributed by atoms with E-state index in [0.29, 0.717) is 47.1 Å². The van der Waals surface area contributed by atoms with E-state index in [1.807, 2.05) is 6.92 Å². The molecular weight excluding hydrogens is 350 g/mol. The number of carbonyl (C=O) groups is 2. The minimum absolute atomic E-state index is 0.290. The largest absolute Gasteiger partial charge is 0.446 e. The molecule has 0 spiro atoms. The number of pyridine rings is 1. The molecule has 0 aromatic carbocycles. The van der Waals surface area contributed by atoms with E-state index in [2.05, 4.69) is 25.5 Å². The molecule has 0 aliphatic carbocycles. The van der Waals surface area contributed by atoms with Gasteiger partial charge in [0.2, 0.25) is 0 Å². The first-order chi connectivity index (χ1) is 13.0. The van der Waals surface area contributed by atoms with Crippen molar-refractivity contribution in [2.45, 2.75) is 25.8 Å². The molecule has 1 fully saturated rings. The minimum atomic E-state index is -0.754. The van der Waals surface area contributed by atoms with Gasteiger partial charge in [-0.15, -0.1) is 0 Å². The van der Waals surface area contributed by atoms with Crippen molar-refractivity contribution >= 4 is 34.2 Å². The molecule has 0 saturated carbocycles. The molecule has 4 heterocycles. The van der Waals surface area contributed by atoms with Crippen molar-refractivity contribution in [3.8, 4) is 0 Å². The van der Waals surface area contributed by atoms with Crippen LogP contribution < -0.4 is 11.1 Å². The summed E-state index contributed by atoms with van der Waals surface area (Å²) in [5.41, 5.74) is 6.65. The van der Waals surface area contributed by atoms with Crippen LogP contribution in [0.4, 0.5) is 11.5 Å². The molecule has 2 atom stereocenters. The Labute approximate surface area is 154 Å². The average Bonchev–Trinajstić information content (AvgIpc) is 3.35. The van der Waals surface area contributed by atoms with Gasteiger partial charge in [0.05, 0.1) is 41.2 Å². The van der Waals surface area contributed by atoms with Crippen molar-refractivity contribution in [2.75, 3.05) is 17.6 Å². The van der Waals surface area contributed by atoms with E-state index in [1.54, 1.807) is 11.1 Å². The van der Waals surface area contributed by atoms with Gasteiger partial charge in [0.15, 0.2) is 6.39 Å². The summed E-state index contributed by atoms with van der Waals surface area (Å²) >= 11 is 0. The molecule has 10 heteroatoms. The van der Waals surface area contributed by atoms with Crippen LogP contribution >= 0.6 is 0 Å². The summed E-state index contributed by atoms with van der Waals surface area (Å²) in [5, 5.41) is 9.85. The van der Waals surface area contributed by atoms with E-state index in [9.17, 15) is 9.59 Å². The summed E-state index contributed by atoms with van der Waals surface area (Å²) in [4.78, 5) is 35.0. The zero-order chi connectivity index (χ0) is 19.0. The Kier molecular flexibility index (Phi) is 4.22. The van der Waals surface area contributed by atoms with Crippen LogP contribution in [0.3, 0.4) is 0 Å². The molecule has 1 saturated heterocycles. The molecule has 140 valence electrons. The smallest absolute Gasteiger partial charge is 0.314 e. The van der Waals surface area contributed by atoms with Crippen LogP contribution in [0.15, 0.2) is 29.4 Å². The van der Waals surface area contributed by atoms with Crippen molar-refractivity contribution in [3.63, 3.8) is 0 Å². The summed E-state index contributed by atoms with van der Waals surface area (Å²) in [6.07, 6.45) is 7.47. The second kappa shape index (κ2) is 6.71. The van der Waals surface area contributed by atoms with E-state index >= 15 is 0 Å². The van der Waals surface area contributed by atoms with E-state index in [0.717, 1.165) is 6.42 Å². The Balaban J connectivity index is 1.57. The van der Waals surface area contributed by atoms with E-state index < -0.39 is 11.8 Å². The lowest BCUT2D eigenvalue weighted by molar-refractivity contribution is -0.147. The quantitative estimate of drug-likeness (QED) is 0.580. The summed E-state index contributed by atoms with van der Waals surface area (Å²) in [7, 11) is 0. The number of hydrogen-bond acceptors (Lipinski definition) is 7. The highest BCUT2D eigenvalue weighted by Crippen LogP contribution is 2.33. The fraction of sp³-hybridized carbons (Fsp3) is 0.353. The second-order valence-electron chi connectivity index (χ2n) is 6.73. The number of amides is 2. The summed E-state index contributed by atoms with van der Waals surface area (Å²) < 4.78 is 5.37. The number of nitrogens with one attached hydrogen (secondary N) is 2. The van der Waals surface area contributed by atoms with Gasteiger partial charge >= 0.3 is 11.8 Å². The van der Waals surface area contributed by atoms with Gasteiger partial charge < -0.3 is 20.4 Å². The van der Waals surface area contributed by atoms with Gasteiger partial charge in [-0.3, -0.25) is 14.7 Å². The lowest BCUT2D eigenvalue weighted by Crippen LogP contribution is -2.46. The molecule has 3 aromatic heterocycles. The normalized spacial score (nSPS) is 20.0. The Morgan fingerprint density at radius 2 is 2.19 bits per heavy atom. The molecule has 10 nitrogen and oxygen atoms in total. The van der Waals surface area contributed by atoms with Crippen LogP contribution in [0.25, 0.3) is 10.9 Å². The third-order valence-corrected chi connectivity index (χ3v) is 4.82. The highest BCUT2D eigenvalue weighted by atomic mass is 16.3. The molecule has 4 rings (SSSR count). The Hall–Kier alpha value is -3.43. The summed E-state index contributed by atoms with van der Waals surface area (Å²) in [6, 6.07) is -0.307. The number of H-pyrrole nitrogens is 1. The van der Waals surface area contributed by atoms with Crippen molar-refractivity contribution < 1.29 is 14.0 Å². The first-order valence-corrected chi connectivity index (χ1v) is 8.62. The molecule has 0 radical (unpaired) electrons. The van der Waals surface area contributed by atoms with Crippen LogP contribution in [0.5, 0.6) is 0 Å². The van der Waals surface area contributed by atoms with Crippen LogP contribution in [0, 0.1) is 5.92 Å². The number of nitrogen functional groups attached to an aromatic ring is 1.